The largest absolute Gasteiger partial charge is 0.495 e. The molecule has 0 amide bonds. The van der Waals surface area contributed by atoms with Crippen molar-refractivity contribution < 1.29 is 9.13 Å². The summed E-state index contributed by atoms with van der Waals surface area (Å²) in [6.07, 6.45) is 0. The van der Waals surface area contributed by atoms with Crippen LogP contribution in [0.2, 0.25) is 0 Å². The van der Waals surface area contributed by atoms with Gasteiger partial charge in [-0.05, 0) is 30.7 Å². The van der Waals surface area contributed by atoms with Crippen LogP contribution in [0.3, 0.4) is 0 Å². The third kappa shape index (κ3) is 3.08. The molecule has 4 heteroatoms. The van der Waals surface area contributed by atoms with Gasteiger partial charge < -0.3 is 15.8 Å². The normalized spacial score (nSPS) is 12.0. The van der Waals surface area contributed by atoms with E-state index in [1.807, 2.05) is 25.1 Å². The van der Waals surface area contributed by atoms with E-state index in [4.69, 9.17) is 10.5 Å². The molecule has 2 aromatic rings. The molecule has 2 aromatic carbocycles. The molecule has 0 aliphatic heterocycles. The molecule has 0 spiro atoms. The van der Waals surface area contributed by atoms with Crippen molar-refractivity contribution in [1.82, 2.24) is 0 Å². The minimum absolute atomic E-state index is 0.262. The van der Waals surface area contributed by atoms with E-state index >= 15 is 0 Å². The Kier molecular flexibility index (Phi) is 4.58. The minimum Gasteiger partial charge on any atom is -0.495 e. The molecular weight excluding hydrogens is 255 g/mol. The topological polar surface area (TPSA) is 47.3 Å². The third-order valence-electron chi connectivity index (χ3n) is 3.20. The number of hydrogen-bond donors (Lipinski definition) is 2. The number of aryl methyl sites for hydroxylation is 1. The van der Waals surface area contributed by atoms with Crippen molar-refractivity contribution in [1.29, 1.82) is 0 Å². The van der Waals surface area contributed by atoms with Gasteiger partial charge in [0.15, 0.2) is 0 Å². The molecule has 0 heterocycles. The summed E-state index contributed by atoms with van der Waals surface area (Å²) in [5, 5.41) is 3.26. The molecule has 0 fully saturated rings. The molecule has 2 rings (SSSR count). The molecule has 0 saturated carbocycles. The van der Waals surface area contributed by atoms with E-state index in [2.05, 4.69) is 5.32 Å². The first-order chi connectivity index (χ1) is 9.65. The van der Waals surface area contributed by atoms with E-state index in [1.165, 1.54) is 6.07 Å². The Morgan fingerprint density at radius 2 is 2.00 bits per heavy atom. The monoisotopic (exact) mass is 274 g/mol. The van der Waals surface area contributed by atoms with Gasteiger partial charge in [-0.15, -0.1) is 0 Å². The first-order valence-electron chi connectivity index (χ1n) is 6.51. The summed E-state index contributed by atoms with van der Waals surface area (Å²) in [5.74, 6) is 0.451. The third-order valence-corrected chi connectivity index (χ3v) is 3.20. The molecule has 1 atom stereocenters. The maximum atomic E-state index is 13.9. The molecule has 3 nitrogen and oxygen atoms in total. The Morgan fingerprint density at radius 3 is 2.65 bits per heavy atom. The molecule has 1 unspecified atom stereocenters. The first-order valence-corrected chi connectivity index (χ1v) is 6.51. The molecule has 0 aromatic heterocycles. The average molecular weight is 274 g/mol. The highest BCUT2D eigenvalue weighted by Gasteiger charge is 2.15. The maximum absolute atomic E-state index is 13.9. The molecular formula is C16H19FN2O. The summed E-state index contributed by atoms with van der Waals surface area (Å²) in [6, 6.07) is 12.1. The average Bonchev–Trinajstić information content (AvgIpc) is 2.46. The van der Waals surface area contributed by atoms with E-state index in [0.29, 0.717) is 11.3 Å². The number of rotatable bonds is 5. The number of benzene rings is 2. The summed E-state index contributed by atoms with van der Waals surface area (Å²) < 4.78 is 19.2. The zero-order chi connectivity index (χ0) is 14.5. The van der Waals surface area contributed by atoms with Gasteiger partial charge in [0, 0.05) is 12.1 Å². The second-order valence-electron chi connectivity index (χ2n) is 4.66. The van der Waals surface area contributed by atoms with Crippen LogP contribution in [-0.2, 0) is 0 Å². The first kappa shape index (κ1) is 14.3. The van der Waals surface area contributed by atoms with Gasteiger partial charge in [-0.1, -0.05) is 24.3 Å². The summed E-state index contributed by atoms with van der Waals surface area (Å²) in [7, 11) is 1.61. The zero-order valence-corrected chi connectivity index (χ0v) is 11.7. The summed E-state index contributed by atoms with van der Waals surface area (Å²) >= 11 is 0. The second-order valence-corrected chi connectivity index (χ2v) is 4.66. The molecule has 0 aliphatic rings. The fraction of sp³-hybridized carbons (Fsp3) is 0.250. The van der Waals surface area contributed by atoms with E-state index in [1.54, 1.807) is 25.3 Å². The summed E-state index contributed by atoms with van der Waals surface area (Å²) in [6.45, 7) is 2.28. The van der Waals surface area contributed by atoms with E-state index in [0.717, 1.165) is 11.3 Å². The van der Waals surface area contributed by atoms with Crippen LogP contribution in [0.4, 0.5) is 10.1 Å². The Morgan fingerprint density at radius 1 is 1.25 bits per heavy atom. The lowest BCUT2D eigenvalue weighted by atomic mass is 10.1. The number of halogens is 1. The Bertz CT molecular complexity index is 586. The number of ether oxygens (including phenoxy) is 1. The molecule has 0 radical (unpaired) electrons. The van der Waals surface area contributed by atoms with Crippen molar-refractivity contribution in [3.63, 3.8) is 0 Å². The van der Waals surface area contributed by atoms with Crippen molar-refractivity contribution in [2.24, 2.45) is 5.73 Å². The molecule has 0 bridgehead atoms. The van der Waals surface area contributed by atoms with Gasteiger partial charge in [0.25, 0.3) is 0 Å². The van der Waals surface area contributed by atoms with Crippen LogP contribution in [0.25, 0.3) is 0 Å². The minimum atomic E-state index is -0.299. The maximum Gasteiger partial charge on any atom is 0.141 e. The van der Waals surface area contributed by atoms with Gasteiger partial charge in [-0.3, -0.25) is 0 Å². The Labute approximate surface area is 118 Å². The van der Waals surface area contributed by atoms with Gasteiger partial charge in [0.1, 0.15) is 11.6 Å². The highest BCUT2D eigenvalue weighted by molar-refractivity contribution is 5.59. The van der Waals surface area contributed by atoms with Gasteiger partial charge >= 0.3 is 0 Å². The lowest BCUT2D eigenvalue weighted by Gasteiger charge is -2.21. The van der Waals surface area contributed by atoms with Crippen molar-refractivity contribution in [3.05, 3.63) is 59.4 Å². The zero-order valence-electron chi connectivity index (χ0n) is 11.7. The number of methoxy groups -OCH3 is 1. The SMILES string of the molecule is COc1ccc(C)cc1NC(CN)c1ccccc1F. The van der Waals surface area contributed by atoms with Gasteiger partial charge in [0.2, 0.25) is 0 Å². The van der Waals surface area contributed by atoms with Crippen LogP contribution >= 0.6 is 0 Å². The van der Waals surface area contributed by atoms with Crippen LogP contribution in [0.5, 0.6) is 5.75 Å². The number of nitrogens with one attached hydrogen (secondary N) is 1. The summed E-state index contributed by atoms with van der Waals surface area (Å²) in [4.78, 5) is 0. The van der Waals surface area contributed by atoms with Crippen molar-refractivity contribution in [3.8, 4) is 5.75 Å². The van der Waals surface area contributed by atoms with E-state index in [9.17, 15) is 4.39 Å². The van der Waals surface area contributed by atoms with Crippen LogP contribution in [-0.4, -0.2) is 13.7 Å². The number of hydrogen-bond acceptors (Lipinski definition) is 3. The van der Waals surface area contributed by atoms with Crippen molar-refractivity contribution in [2.45, 2.75) is 13.0 Å². The van der Waals surface area contributed by atoms with Gasteiger partial charge in [-0.2, -0.15) is 0 Å². The van der Waals surface area contributed by atoms with Crippen LogP contribution in [0.1, 0.15) is 17.2 Å². The van der Waals surface area contributed by atoms with Gasteiger partial charge in [0.05, 0.1) is 18.8 Å². The van der Waals surface area contributed by atoms with Crippen LogP contribution < -0.4 is 15.8 Å². The Balaban J connectivity index is 2.31. The van der Waals surface area contributed by atoms with E-state index in [-0.39, 0.29) is 18.4 Å². The van der Waals surface area contributed by atoms with Crippen molar-refractivity contribution >= 4 is 5.69 Å². The quantitative estimate of drug-likeness (QED) is 0.879. The van der Waals surface area contributed by atoms with Crippen LogP contribution in [0.15, 0.2) is 42.5 Å². The standard InChI is InChI=1S/C16H19FN2O/c1-11-7-8-16(20-2)14(9-11)19-15(10-18)12-5-3-4-6-13(12)17/h3-9,15,19H,10,18H2,1-2H3. The van der Waals surface area contributed by atoms with E-state index < -0.39 is 0 Å². The fourth-order valence-corrected chi connectivity index (χ4v) is 2.14. The molecule has 20 heavy (non-hydrogen) atoms. The Hall–Kier alpha value is -2.07. The van der Waals surface area contributed by atoms with Crippen LogP contribution in [0, 0.1) is 12.7 Å². The molecule has 0 saturated heterocycles. The predicted molar refractivity (Wildman–Crippen MR) is 79.5 cm³/mol. The molecule has 106 valence electrons. The van der Waals surface area contributed by atoms with Gasteiger partial charge in [-0.25, -0.2) is 4.39 Å². The smallest absolute Gasteiger partial charge is 0.141 e. The highest BCUT2D eigenvalue weighted by atomic mass is 19.1. The second kappa shape index (κ2) is 6.39. The lowest BCUT2D eigenvalue weighted by molar-refractivity contribution is 0.416. The predicted octanol–water partition coefficient (Wildman–Crippen LogP) is 3.25. The number of nitrogens with two attached hydrogens (primary N) is 1. The summed E-state index contributed by atoms with van der Waals surface area (Å²) in [5.41, 5.74) is 8.24. The fourth-order valence-electron chi connectivity index (χ4n) is 2.14. The number of anilines is 1. The molecule has 0 aliphatic carbocycles. The highest BCUT2D eigenvalue weighted by Crippen LogP contribution is 2.29. The lowest BCUT2D eigenvalue weighted by Crippen LogP contribution is -2.22. The molecule has 3 N–H and O–H groups in total. The van der Waals surface area contributed by atoms with Crippen molar-refractivity contribution in [2.75, 3.05) is 19.0 Å².